The van der Waals surface area contributed by atoms with Crippen LogP contribution in [-0.4, -0.2) is 6.04 Å². The van der Waals surface area contributed by atoms with Crippen molar-refractivity contribution in [2.24, 2.45) is 0 Å². The van der Waals surface area contributed by atoms with Gasteiger partial charge in [-0.2, -0.15) is 0 Å². The minimum absolute atomic E-state index is 0.0625. The van der Waals surface area contributed by atoms with Crippen LogP contribution < -0.4 is 5.32 Å². The highest BCUT2D eigenvalue weighted by molar-refractivity contribution is 5.26. The van der Waals surface area contributed by atoms with E-state index in [1.807, 2.05) is 12.1 Å². The molecule has 2 aromatic rings. The molecule has 1 atom stereocenters. The minimum atomic E-state index is -0.0625. The predicted octanol–water partition coefficient (Wildman–Crippen LogP) is 4.73. The number of hydrogen-bond acceptors (Lipinski definition) is 1. The summed E-state index contributed by atoms with van der Waals surface area (Å²) in [5, 5.41) is 3.65. The topological polar surface area (TPSA) is 12.0 Å². The highest BCUT2D eigenvalue weighted by Gasteiger charge is 2.32. The molecule has 0 unspecified atom stereocenters. The average Bonchev–Trinajstić information content (AvgIpc) is 2.44. The SMILES string of the molecule is Cc1ccc([C@@H](C)NC2CC(c3ccccc3F)C2)cc1. The van der Waals surface area contributed by atoms with Crippen LogP contribution in [0, 0.1) is 12.7 Å². The van der Waals surface area contributed by atoms with Gasteiger partial charge in [0, 0.05) is 12.1 Å². The third-order valence-electron chi connectivity index (χ3n) is 4.55. The maximum absolute atomic E-state index is 13.7. The molecule has 1 aliphatic rings. The summed E-state index contributed by atoms with van der Waals surface area (Å²) >= 11 is 0. The smallest absolute Gasteiger partial charge is 0.126 e. The maximum Gasteiger partial charge on any atom is 0.126 e. The zero-order valence-electron chi connectivity index (χ0n) is 12.6. The van der Waals surface area contributed by atoms with Gasteiger partial charge in [-0.25, -0.2) is 4.39 Å². The van der Waals surface area contributed by atoms with Gasteiger partial charge in [-0.3, -0.25) is 0 Å². The summed E-state index contributed by atoms with van der Waals surface area (Å²) in [6.45, 7) is 4.30. The van der Waals surface area contributed by atoms with Crippen LogP contribution >= 0.6 is 0 Å². The summed E-state index contributed by atoms with van der Waals surface area (Å²) in [5.74, 6) is 0.307. The third-order valence-corrected chi connectivity index (χ3v) is 4.55. The fraction of sp³-hybridized carbons (Fsp3) is 0.368. The van der Waals surface area contributed by atoms with Gasteiger partial charge in [-0.05, 0) is 49.8 Å². The van der Waals surface area contributed by atoms with Gasteiger partial charge >= 0.3 is 0 Å². The maximum atomic E-state index is 13.7. The Morgan fingerprint density at radius 1 is 1.05 bits per heavy atom. The lowest BCUT2D eigenvalue weighted by Crippen LogP contribution is -2.41. The lowest BCUT2D eigenvalue weighted by atomic mass is 9.75. The van der Waals surface area contributed by atoms with Gasteiger partial charge in [0.05, 0.1) is 0 Å². The van der Waals surface area contributed by atoms with E-state index in [1.165, 1.54) is 11.1 Å². The Bertz CT molecular complexity index is 599. The van der Waals surface area contributed by atoms with Crippen LogP contribution in [0.15, 0.2) is 48.5 Å². The molecule has 0 amide bonds. The standard InChI is InChI=1S/C19H22FN/c1-13-7-9-15(10-8-13)14(2)21-17-11-16(12-17)18-5-3-4-6-19(18)20/h3-10,14,16-17,21H,11-12H2,1-2H3/t14-,16?,17?/m1/s1. The minimum Gasteiger partial charge on any atom is -0.307 e. The Hall–Kier alpha value is -1.67. The quantitative estimate of drug-likeness (QED) is 0.855. The first kappa shape index (κ1) is 14.3. The van der Waals surface area contributed by atoms with Crippen LogP contribution in [0.4, 0.5) is 4.39 Å². The van der Waals surface area contributed by atoms with Crippen molar-refractivity contribution < 1.29 is 4.39 Å². The molecule has 3 rings (SSSR count). The lowest BCUT2D eigenvalue weighted by molar-refractivity contribution is 0.266. The molecule has 0 heterocycles. The van der Waals surface area contributed by atoms with E-state index in [9.17, 15) is 4.39 Å². The van der Waals surface area contributed by atoms with Crippen LogP contribution in [0.5, 0.6) is 0 Å². The van der Waals surface area contributed by atoms with E-state index >= 15 is 0 Å². The van der Waals surface area contributed by atoms with Crippen LogP contribution in [-0.2, 0) is 0 Å². The molecule has 0 radical (unpaired) electrons. The molecular weight excluding hydrogens is 261 g/mol. The molecule has 0 saturated heterocycles. The fourth-order valence-electron chi connectivity index (χ4n) is 3.12. The highest BCUT2D eigenvalue weighted by atomic mass is 19.1. The van der Waals surface area contributed by atoms with Crippen molar-refractivity contribution in [3.63, 3.8) is 0 Å². The first-order valence-corrected chi connectivity index (χ1v) is 7.70. The van der Waals surface area contributed by atoms with Crippen molar-refractivity contribution in [1.82, 2.24) is 5.32 Å². The monoisotopic (exact) mass is 283 g/mol. The molecule has 2 heteroatoms. The molecule has 0 aliphatic heterocycles. The number of rotatable bonds is 4. The second kappa shape index (κ2) is 5.98. The molecule has 1 saturated carbocycles. The molecular formula is C19H22FN. The molecule has 0 bridgehead atoms. The number of benzene rings is 2. The molecule has 110 valence electrons. The summed E-state index contributed by atoms with van der Waals surface area (Å²) in [5.41, 5.74) is 3.47. The molecule has 0 aromatic heterocycles. The number of aryl methyl sites for hydroxylation is 1. The highest BCUT2D eigenvalue weighted by Crippen LogP contribution is 2.38. The van der Waals surface area contributed by atoms with Crippen molar-refractivity contribution in [2.75, 3.05) is 0 Å². The Labute approximate surface area is 126 Å². The van der Waals surface area contributed by atoms with Crippen molar-refractivity contribution in [3.8, 4) is 0 Å². The third kappa shape index (κ3) is 3.16. The molecule has 21 heavy (non-hydrogen) atoms. The van der Waals surface area contributed by atoms with Gasteiger partial charge < -0.3 is 5.32 Å². The van der Waals surface area contributed by atoms with Gasteiger partial charge in [0.2, 0.25) is 0 Å². The number of halogens is 1. The van der Waals surface area contributed by atoms with Crippen molar-refractivity contribution in [2.45, 2.75) is 44.7 Å². The number of hydrogen-bond donors (Lipinski definition) is 1. The Kier molecular flexibility index (Phi) is 4.07. The normalized spacial score (nSPS) is 22.6. The Morgan fingerprint density at radius 2 is 1.71 bits per heavy atom. The van der Waals surface area contributed by atoms with Crippen LogP contribution in [0.3, 0.4) is 0 Å². The molecule has 1 fully saturated rings. The molecule has 1 nitrogen and oxygen atoms in total. The molecule has 1 N–H and O–H groups in total. The van der Waals surface area contributed by atoms with E-state index in [1.54, 1.807) is 12.1 Å². The van der Waals surface area contributed by atoms with Gasteiger partial charge in [0.25, 0.3) is 0 Å². The van der Waals surface area contributed by atoms with E-state index in [2.05, 4.69) is 43.4 Å². The van der Waals surface area contributed by atoms with Gasteiger partial charge in [-0.15, -0.1) is 0 Å². The Morgan fingerprint density at radius 3 is 2.38 bits per heavy atom. The van der Waals surface area contributed by atoms with E-state index in [4.69, 9.17) is 0 Å². The zero-order chi connectivity index (χ0) is 14.8. The summed E-state index contributed by atoms with van der Waals surface area (Å²) < 4.78 is 13.7. The number of nitrogens with one attached hydrogen (secondary N) is 1. The van der Waals surface area contributed by atoms with E-state index in [-0.39, 0.29) is 5.82 Å². The first-order valence-electron chi connectivity index (χ1n) is 7.70. The largest absolute Gasteiger partial charge is 0.307 e. The average molecular weight is 283 g/mol. The molecule has 2 aromatic carbocycles. The Balaban J connectivity index is 1.55. The zero-order valence-corrected chi connectivity index (χ0v) is 12.6. The second-order valence-electron chi connectivity index (χ2n) is 6.19. The van der Waals surface area contributed by atoms with Gasteiger partial charge in [0.15, 0.2) is 0 Å². The summed E-state index contributed by atoms with van der Waals surface area (Å²) in [7, 11) is 0. The van der Waals surface area contributed by atoms with Gasteiger partial charge in [-0.1, -0.05) is 48.0 Å². The van der Waals surface area contributed by atoms with Crippen LogP contribution in [0.2, 0.25) is 0 Å². The van der Waals surface area contributed by atoms with Crippen molar-refractivity contribution >= 4 is 0 Å². The van der Waals surface area contributed by atoms with E-state index in [0.29, 0.717) is 18.0 Å². The predicted molar refractivity (Wildman–Crippen MR) is 84.9 cm³/mol. The summed E-state index contributed by atoms with van der Waals surface area (Å²) in [4.78, 5) is 0. The first-order chi connectivity index (χ1) is 10.1. The second-order valence-corrected chi connectivity index (χ2v) is 6.19. The van der Waals surface area contributed by atoms with Crippen LogP contribution in [0.1, 0.15) is 48.4 Å². The van der Waals surface area contributed by atoms with Crippen LogP contribution in [0.25, 0.3) is 0 Å². The van der Waals surface area contributed by atoms with Gasteiger partial charge in [0.1, 0.15) is 5.82 Å². The summed E-state index contributed by atoms with van der Waals surface area (Å²) in [6, 6.07) is 16.7. The fourth-order valence-corrected chi connectivity index (χ4v) is 3.12. The molecule has 0 spiro atoms. The van der Waals surface area contributed by atoms with Crippen molar-refractivity contribution in [1.29, 1.82) is 0 Å². The lowest BCUT2D eigenvalue weighted by Gasteiger charge is -2.38. The molecule has 1 aliphatic carbocycles. The summed E-state index contributed by atoms with van der Waals surface area (Å²) in [6.07, 6.45) is 2.05. The van der Waals surface area contributed by atoms with E-state index in [0.717, 1.165) is 18.4 Å². The van der Waals surface area contributed by atoms with E-state index < -0.39 is 0 Å². The van der Waals surface area contributed by atoms with Crippen molar-refractivity contribution in [3.05, 3.63) is 71.0 Å².